The van der Waals surface area contributed by atoms with E-state index < -0.39 is 0 Å². The van der Waals surface area contributed by atoms with E-state index in [1.807, 2.05) is 0 Å². The fourth-order valence-electron chi connectivity index (χ4n) is 2.61. The van der Waals surface area contributed by atoms with Crippen LogP contribution >= 0.6 is 0 Å². The van der Waals surface area contributed by atoms with Gasteiger partial charge in [0.15, 0.2) is 0 Å². The standard InChI is InChI=1S/C11H21NO/c1-10-3-2-6-12(9-10)11-4-7-13-8-5-11/h10-11H,2-9H2,1H3/t10-/m1/s1. The van der Waals surface area contributed by atoms with Crippen LogP contribution in [0.5, 0.6) is 0 Å². The molecule has 1 atom stereocenters. The first-order valence-electron chi connectivity index (χ1n) is 5.68. The van der Waals surface area contributed by atoms with Crippen LogP contribution in [-0.2, 0) is 4.74 Å². The van der Waals surface area contributed by atoms with Crippen molar-refractivity contribution in [1.29, 1.82) is 0 Å². The van der Waals surface area contributed by atoms with Gasteiger partial charge in [-0.1, -0.05) is 6.92 Å². The number of rotatable bonds is 1. The van der Waals surface area contributed by atoms with Crippen molar-refractivity contribution in [3.05, 3.63) is 0 Å². The Bertz CT molecular complexity index is 154. The summed E-state index contributed by atoms with van der Waals surface area (Å²) in [5.41, 5.74) is 0. The normalized spacial score (nSPS) is 33.5. The van der Waals surface area contributed by atoms with Crippen LogP contribution < -0.4 is 0 Å². The molecule has 76 valence electrons. The lowest BCUT2D eigenvalue weighted by molar-refractivity contribution is 0.0195. The molecule has 2 fully saturated rings. The predicted molar refractivity (Wildman–Crippen MR) is 53.8 cm³/mol. The Morgan fingerprint density at radius 1 is 1.15 bits per heavy atom. The summed E-state index contributed by atoms with van der Waals surface area (Å²) in [6.07, 6.45) is 5.34. The van der Waals surface area contributed by atoms with Gasteiger partial charge in [0, 0.05) is 25.8 Å². The van der Waals surface area contributed by atoms with Gasteiger partial charge in [-0.15, -0.1) is 0 Å². The van der Waals surface area contributed by atoms with Crippen molar-refractivity contribution in [1.82, 2.24) is 4.90 Å². The maximum absolute atomic E-state index is 5.39. The quantitative estimate of drug-likeness (QED) is 0.615. The topological polar surface area (TPSA) is 12.5 Å². The molecule has 2 nitrogen and oxygen atoms in total. The Hall–Kier alpha value is -0.0800. The van der Waals surface area contributed by atoms with E-state index in [0.29, 0.717) is 0 Å². The summed E-state index contributed by atoms with van der Waals surface area (Å²) in [6.45, 7) is 7.00. The van der Waals surface area contributed by atoms with Crippen LogP contribution in [0.15, 0.2) is 0 Å². The minimum Gasteiger partial charge on any atom is -0.381 e. The van der Waals surface area contributed by atoms with Gasteiger partial charge in [-0.3, -0.25) is 4.90 Å². The van der Waals surface area contributed by atoms with Gasteiger partial charge in [0.2, 0.25) is 0 Å². The molecule has 0 N–H and O–H groups in total. The highest BCUT2D eigenvalue weighted by atomic mass is 16.5. The molecule has 2 rings (SSSR count). The van der Waals surface area contributed by atoms with Crippen LogP contribution in [0.3, 0.4) is 0 Å². The zero-order chi connectivity index (χ0) is 9.10. The Kier molecular flexibility index (Phi) is 3.23. The zero-order valence-corrected chi connectivity index (χ0v) is 8.67. The second-order valence-electron chi connectivity index (χ2n) is 4.59. The van der Waals surface area contributed by atoms with Gasteiger partial charge in [0.25, 0.3) is 0 Å². The lowest BCUT2D eigenvalue weighted by atomic mass is 9.96. The highest BCUT2D eigenvalue weighted by Gasteiger charge is 2.25. The third-order valence-electron chi connectivity index (χ3n) is 3.40. The molecule has 0 aromatic heterocycles. The van der Waals surface area contributed by atoms with E-state index in [0.717, 1.165) is 25.2 Å². The lowest BCUT2D eigenvalue weighted by Gasteiger charge is -2.39. The van der Waals surface area contributed by atoms with E-state index in [9.17, 15) is 0 Å². The van der Waals surface area contributed by atoms with Crippen molar-refractivity contribution >= 4 is 0 Å². The number of hydrogen-bond acceptors (Lipinski definition) is 2. The summed E-state index contributed by atoms with van der Waals surface area (Å²) in [6, 6.07) is 0.830. The summed E-state index contributed by atoms with van der Waals surface area (Å²) in [4.78, 5) is 2.69. The lowest BCUT2D eigenvalue weighted by Crippen LogP contribution is -2.44. The Labute approximate surface area is 81.3 Å². The molecule has 0 bridgehead atoms. The maximum atomic E-state index is 5.39. The van der Waals surface area contributed by atoms with Gasteiger partial charge in [-0.05, 0) is 38.1 Å². The fraction of sp³-hybridized carbons (Fsp3) is 1.00. The molecule has 0 spiro atoms. The average molecular weight is 183 g/mol. The largest absolute Gasteiger partial charge is 0.381 e. The SMILES string of the molecule is C[C@@H]1CCCN(C2CCOCC2)C1. The van der Waals surface area contributed by atoms with Crippen LogP contribution in [0.4, 0.5) is 0 Å². The Morgan fingerprint density at radius 3 is 2.62 bits per heavy atom. The molecular weight excluding hydrogens is 162 g/mol. The van der Waals surface area contributed by atoms with Crippen LogP contribution in [0.25, 0.3) is 0 Å². The highest BCUT2D eigenvalue weighted by molar-refractivity contribution is 4.79. The van der Waals surface area contributed by atoms with Gasteiger partial charge in [-0.25, -0.2) is 0 Å². The minimum atomic E-state index is 0.830. The number of likely N-dealkylation sites (tertiary alicyclic amines) is 1. The predicted octanol–water partition coefficient (Wildman–Crippen LogP) is 1.90. The minimum absolute atomic E-state index is 0.830. The Balaban J connectivity index is 1.83. The third kappa shape index (κ3) is 2.44. The van der Waals surface area contributed by atoms with Crippen LogP contribution in [0.1, 0.15) is 32.6 Å². The van der Waals surface area contributed by atoms with Gasteiger partial charge in [0.05, 0.1) is 0 Å². The molecule has 0 unspecified atom stereocenters. The van der Waals surface area contributed by atoms with Crippen LogP contribution in [-0.4, -0.2) is 37.2 Å². The van der Waals surface area contributed by atoms with Gasteiger partial charge in [-0.2, -0.15) is 0 Å². The smallest absolute Gasteiger partial charge is 0.0480 e. The second-order valence-corrected chi connectivity index (χ2v) is 4.59. The summed E-state index contributed by atoms with van der Waals surface area (Å²) in [5.74, 6) is 0.914. The first-order chi connectivity index (χ1) is 6.36. The summed E-state index contributed by atoms with van der Waals surface area (Å²) in [5, 5.41) is 0. The molecule has 2 aliphatic rings. The van der Waals surface area contributed by atoms with E-state index in [2.05, 4.69) is 11.8 Å². The molecule has 0 saturated carbocycles. The Morgan fingerprint density at radius 2 is 1.92 bits per heavy atom. The molecular formula is C11H21NO. The van der Waals surface area contributed by atoms with Crippen molar-refractivity contribution in [2.24, 2.45) is 5.92 Å². The molecule has 0 radical (unpaired) electrons. The molecule has 2 aliphatic heterocycles. The molecule has 2 heterocycles. The molecule has 0 amide bonds. The fourth-order valence-corrected chi connectivity index (χ4v) is 2.61. The molecule has 13 heavy (non-hydrogen) atoms. The summed E-state index contributed by atoms with van der Waals surface area (Å²) >= 11 is 0. The van der Waals surface area contributed by atoms with E-state index in [1.165, 1.54) is 38.8 Å². The van der Waals surface area contributed by atoms with Gasteiger partial charge >= 0.3 is 0 Å². The summed E-state index contributed by atoms with van der Waals surface area (Å²) in [7, 11) is 0. The van der Waals surface area contributed by atoms with Crippen molar-refractivity contribution in [3.8, 4) is 0 Å². The third-order valence-corrected chi connectivity index (χ3v) is 3.40. The molecule has 2 saturated heterocycles. The first-order valence-corrected chi connectivity index (χ1v) is 5.68. The maximum Gasteiger partial charge on any atom is 0.0480 e. The van der Waals surface area contributed by atoms with Crippen LogP contribution in [0, 0.1) is 5.92 Å². The van der Waals surface area contributed by atoms with E-state index in [4.69, 9.17) is 4.74 Å². The first kappa shape index (κ1) is 9.47. The monoisotopic (exact) mass is 183 g/mol. The van der Waals surface area contributed by atoms with Crippen molar-refractivity contribution in [2.75, 3.05) is 26.3 Å². The molecule has 2 heteroatoms. The van der Waals surface area contributed by atoms with E-state index in [1.54, 1.807) is 0 Å². The van der Waals surface area contributed by atoms with Gasteiger partial charge in [0.1, 0.15) is 0 Å². The van der Waals surface area contributed by atoms with Crippen molar-refractivity contribution < 1.29 is 4.74 Å². The molecule has 0 aromatic rings. The summed E-state index contributed by atoms with van der Waals surface area (Å²) < 4.78 is 5.39. The second kappa shape index (κ2) is 4.43. The average Bonchev–Trinajstić information content (AvgIpc) is 2.19. The van der Waals surface area contributed by atoms with Gasteiger partial charge < -0.3 is 4.74 Å². The van der Waals surface area contributed by atoms with E-state index >= 15 is 0 Å². The van der Waals surface area contributed by atoms with Crippen molar-refractivity contribution in [2.45, 2.75) is 38.6 Å². The number of nitrogens with zero attached hydrogens (tertiary/aromatic N) is 1. The highest BCUT2D eigenvalue weighted by Crippen LogP contribution is 2.22. The molecule has 0 aliphatic carbocycles. The zero-order valence-electron chi connectivity index (χ0n) is 8.67. The van der Waals surface area contributed by atoms with Crippen LogP contribution in [0.2, 0.25) is 0 Å². The number of ether oxygens (including phenoxy) is 1. The van der Waals surface area contributed by atoms with E-state index in [-0.39, 0.29) is 0 Å². The number of hydrogen-bond donors (Lipinski definition) is 0. The molecule has 0 aromatic carbocycles. The number of piperidine rings is 1. The van der Waals surface area contributed by atoms with Crippen molar-refractivity contribution in [3.63, 3.8) is 0 Å².